The first kappa shape index (κ1) is 16.3. The molecule has 0 spiro atoms. The van der Waals surface area contributed by atoms with Gasteiger partial charge in [0.2, 0.25) is 5.91 Å². The lowest BCUT2D eigenvalue weighted by molar-refractivity contribution is -0.128. The van der Waals surface area contributed by atoms with Crippen LogP contribution < -0.4 is 5.32 Å². The molecule has 0 aromatic carbocycles. The molecule has 3 fully saturated rings. The average molecular weight is 309 g/mol. The summed E-state index contributed by atoms with van der Waals surface area (Å²) in [5.74, 6) is 2.10. The maximum atomic E-state index is 12.5. The summed E-state index contributed by atoms with van der Waals surface area (Å²) in [6, 6.07) is 0. The van der Waals surface area contributed by atoms with E-state index < -0.39 is 0 Å². The van der Waals surface area contributed by atoms with Crippen molar-refractivity contribution in [3.63, 3.8) is 0 Å². The average Bonchev–Trinajstić information content (AvgIpc) is 2.60. The smallest absolute Gasteiger partial charge is 0.223 e. The summed E-state index contributed by atoms with van der Waals surface area (Å²) in [6.45, 7) is 2.15. The lowest BCUT2D eigenvalue weighted by Crippen LogP contribution is -2.46. The number of hydrogen-bond acceptors (Lipinski definition) is 3. The molecule has 22 heavy (non-hydrogen) atoms. The fourth-order valence-electron chi connectivity index (χ4n) is 4.73. The van der Waals surface area contributed by atoms with Crippen LogP contribution in [0.1, 0.15) is 57.8 Å². The van der Waals surface area contributed by atoms with E-state index in [1.807, 2.05) is 0 Å². The maximum Gasteiger partial charge on any atom is 0.223 e. The van der Waals surface area contributed by atoms with Crippen LogP contribution >= 0.6 is 0 Å². The highest BCUT2D eigenvalue weighted by Crippen LogP contribution is 2.42. The van der Waals surface area contributed by atoms with Gasteiger partial charge in [0, 0.05) is 31.1 Å². The Hall–Kier alpha value is -0.610. The lowest BCUT2D eigenvalue weighted by Gasteiger charge is -2.39. The van der Waals surface area contributed by atoms with Crippen LogP contribution in [0, 0.1) is 23.2 Å². The van der Waals surface area contributed by atoms with Gasteiger partial charge in [-0.1, -0.05) is 25.7 Å². The third-order valence-electron chi connectivity index (χ3n) is 6.44. The quantitative estimate of drug-likeness (QED) is 0.839. The molecule has 0 aromatic heterocycles. The second-order valence-corrected chi connectivity index (χ2v) is 7.80. The van der Waals surface area contributed by atoms with Gasteiger partial charge in [0.25, 0.3) is 0 Å². The van der Waals surface area contributed by atoms with Crippen LogP contribution in [0.4, 0.5) is 0 Å². The summed E-state index contributed by atoms with van der Waals surface area (Å²) in [4.78, 5) is 12.5. The lowest BCUT2D eigenvalue weighted by atomic mass is 9.67. The van der Waals surface area contributed by atoms with E-state index in [0.29, 0.717) is 19.8 Å². The van der Waals surface area contributed by atoms with Gasteiger partial charge < -0.3 is 15.2 Å². The Morgan fingerprint density at radius 1 is 1.09 bits per heavy atom. The number of carbonyl (C=O) groups excluding carboxylic acids is 1. The second kappa shape index (κ2) is 7.31. The molecule has 2 aliphatic carbocycles. The summed E-state index contributed by atoms with van der Waals surface area (Å²) >= 11 is 0. The van der Waals surface area contributed by atoms with Crippen molar-refractivity contribution in [2.75, 3.05) is 26.4 Å². The van der Waals surface area contributed by atoms with Crippen molar-refractivity contribution < 1.29 is 14.6 Å². The Balaban J connectivity index is 1.49. The Morgan fingerprint density at radius 3 is 2.55 bits per heavy atom. The van der Waals surface area contributed by atoms with E-state index in [9.17, 15) is 9.90 Å². The number of nitrogens with one attached hydrogen (secondary N) is 1. The summed E-state index contributed by atoms with van der Waals surface area (Å²) in [6.07, 6.45) is 10.5. The highest BCUT2D eigenvalue weighted by atomic mass is 16.5. The van der Waals surface area contributed by atoms with Crippen molar-refractivity contribution in [2.45, 2.75) is 57.8 Å². The molecule has 4 heteroatoms. The minimum absolute atomic E-state index is 0.145. The first-order chi connectivity index (χ1) is 10.7. The molecular formula is C18H31NO3. The minimum Gasteiger partial charge on any atom is -0.396 e. The van der Waals surface area contributed by atoms with Gasteiger partial charge in [-0.15, -0.1) is 0 Å². The van der Waals surface area contributed by atoms with Gasteiger partial charge in [-0.25, -0.2) is 0 Å². The second-order valence-electron chi connectivity index (χ2n) is 7.80. The van der Waals surface area contributed by atoms with Crippen LogP contribution in [0.25, 0.3) is 0 Å². The molecule has 1 heterocycles. The van der Waals surface area contributed by atoms with Crippen LogP contribution in [0.2, 0.25) is 0 Å². The van der Waals surface area contributed by atoms with Gasteiger partial charge in [-0.05, 0) is 43.9 Å². The van der Waals surface area contributed by atoms with E-state index in [-0.39, 0.29) is 23.8 Å². The number of aliphatic hydroxyl groups excluding tert-OH is 1. The Kier molecular flexibility index (Phi) is 5.40. The maximum absolute atomic E-state index is 12.5. The van der Waals surface area contributed by atoms with Crippen LogP contribution in [0.15, 0.2) is 0 Å². The van der Waals surface area contributed by atoms with Gasteiger partial charge in [0.05, 0.1) is 6.61 Å². The molecule has 1 saturated heterocycles. The monoisotopic (exact) mass is 309 g/mol. The molecule has 0 bridgehead atoms. The van der Waals surface area contributed by atoms with E-state index in [1.165, 1.54) is 32.1 Å². The van der Waals surface area contributed by atoms with Crippen molar-refractivity contribution in [1.82, 2.24) is 5.32 Å². The van der Waals surface area contributed by atoms with Crippen molar-refractivity contribution in [1.29, 1.82) is 0 Å². The van der Waals surface area contributed by atoms with Gasteiger partial charge in [0.1, 0.15) is 0 Å². The Bertz CT molecular complexity index is 379. The molecule has 0 aromatic rings. The topological polar surface area (TPSA) is 58.6 Å². The van der Waals surface area contributed by atoms with Crippen molar-refractivity contribution in [2.24, 2.45) is 23.2 Å². The highest BCUT2D eigenvalue weighted by Gasteiger charge is 2.37. The van der Waals surface area contributed by atoms with Crippen LogP contribution in [-0.4, -0.2) is 37.4 Å². The molecule has 3 rings (SSSR count). The van der Waals surface area contributed by atoms with Crippen LogP contribution in [0.3, 0.4) is 0 Å². The summed E-state index contributed by atoms with van der Waals surface area (Å²) in [7, 11) is 0. The zero-order valence-corrected chi connectivity index (χ0v) is 13.7. The number of fused-ring (bicyclic) bond motifs is 1. The third kappa shape index (κ3) is 3.65. The van der Waals surface area contributed by atoms with Crippen molar-refractivity contribution >= 4 is 5.91 Å². The number of amides is 1. The van der Waals surface area contributed by atoms with Crippen LogP contribution in [0.5, 0.6) is 0 Å². The third-order valence-corrected chi connectivity index (χ3v) is 6.44. The molecular weight excluding hydrogens is 278 g/mol. The largest absolute Gasteiger partial charge is 0.396 e. The fourth-order valence-corrected chi connectivity index (χ4v) is 4.73. The summed E-state index contributed by atoms with van der Waals surface area (Å²) < 4.78 is 5.39. The molecule has 3 atom stereocenters. The molecule has 4 nitrogen and oxygen atoms in total. The first-order valence-electron chi connectivity index (χ1n) is 9.19. The molecule has 2 saturated carbocycles. The highest BCUT2D eigenvalue weighted by molar-refractivity contribution is 5.78. The predicted molar refractivity (Wildman–Crippen MR) is 85.4 cm³/mol. The zero-order valence-electron chi connectivity index (χ0n) is 13.7. The number of rotatable bonds is 4. The molecule has 126 valence electrons. The SMILES string of the molecule is O=C(NCC1(CO)CCOCC1)[C@@H]1CC[C@@H]2CCCC[C@H]2C1. The zero-order chi connectivity index (χ0) is 15.4. The Labute approximate surface area is 134 Å². The van der Waals surface area contributed by atoms with E-state index in [4.69, 9.17) is 4.74 Å². The predicted octanol–water partition coefficient (Wildman–Crippen LogP) is 2.50. The standard InChI is InChI=1S/C18H31NO3/c20-13-18(7-9-22-10-8-18)12-19-17(21)16-6-5-14-3-1-2-4-15(14)11-16/h14-16,20H,1-13H2,(H,19,21)/t14-,15-,16+/m0/s1. The van der Waals surface area contributed by atoms with Gasteiger partial charge >= 0.3 is 0 Å². The molecule has 2 N–H and O–H groups in total. The van der Waals surface area contributed by atoms with Crippen LogP contribution in [-0.2, 0) is 9.53 Å². The van der Waals surface area contributed by atoms with E-state index in [1.54, 1.807) is 0 Å². The van der Waals surface area contributed by atoms with E-state index in [2.05, 4.69) is 5.32 Å². The molecule has 1 aliphatic heterocycles. The molecule has 0 radical (unpaired) electrons. The summed E-state index contributed by atoms with van der Waals surface area (Å²) in [5.41, 5.74) is -0.157. The van der Waals surface area contributed by atoms with E-state index >= 15 is 0 Å². The molecule has 0 unspecified atom stereocenters. The fraction of sp³-hybridized carbons (Fsp3) is 0.944. The number of ether oxygens (including phenoxy) is 1. The number of hydrogen-bond donors (Lipinski definition) is 2. The van der Waals surface area contributed by atoms with Gasteiger partial charge in [0.15, 0.2) is 0 Å². The van der Waals surface area contributed by atoms with Crippen molar-refractivity contribution in [3.05, 3.63) is 0 Å². The Morgan fingerprint density at radius 2 is 1.82 bits per heavy atom. The normalized spacial score (nSPS) is 34.7. The first-order valence-corrected chi connectivity index (χ1v) is 9.19. The molecule has 3 aliphatic rings. The minimum atomic E-state index is -0.157. The number of carbonyl (C=O) groups is 1. The van der Waals surface area contributed by atoms with Crippen molar-refractivity contribution in [3.8, 4) is 0 Å². The molecule has 1 amide bonds. The van der Waals surface area contributed by atoms with Gasteiger partial charge in [-0.2, -0.15) is 0 Å². The van der Waals surface area contributed by atoms with Gasteiger partial charge in [-0.3, -0.25) is 4.79 Å². The number of aliphatic hydroxyl groups is 1. The summed E-state index contributed by atoms with van der Waals surface area (Å²) in [5, 5.41) is 12.9. The van der Waals surface area contributed by atoms with E-state index in [0.717, 1.165) is 37.5 Å².